The molecule has 156 valence electrons. The molecule has 2 N–H and O–H groups in total. The van der Waals surface area contributed by atoms with Crippen LogP contribution in [-0.2, 0) is 26.1 Å². The molecule has 2 aromatic carbocycles. The normalized spacial score (nSPS) is 12.4. The van der Waals surface area contributed by atoms with Crippen LogP contribution in [0.5, 0.6) is 0 Å². The van der Waals surface area contributed by atoms with E-state index < -0.39 is 22.0 Å². The van der Waals surface area contributed by atoms with Crippen LogP contribution in [0.15, 0.2) is 53.4 Å². The van der Waals surface area contributed by atoms with E-state index in [1.165, 1.54) is 19.2 Å². The van der Waals surface area contributed by atoms with Crippen molar-refractivity contribution in [3.05, 3.63) is 64.7 Å². The standard InChI is InChI=1S/C20H23ClN2O5S/c1-13(2)18(20(25)28-3)23-29(26,27)17-10-4-14(5-11-17)12-22-19(24)15-6-8-16(21)9-7-15/h4-11,13,18,23H,12H2,1-3H3,(H,22,24). The lowest BCUT2D eigenvalue weighted by atomic mass is 10.1. The largest absolute Gasteiger partial charge is 0.468 e. The Hall–Kier alpha value is -2.42. The minimum Gasteiger partial charge on any atom is -0.468 e. The van der Waals surface area contributed by atoms with Crippen LogP contribution in [-0.4, -0.2) is 33.4 Å². The Bertz CT molecular complexity index is 957. The number of methoxy groups -OCH3 is 1. The number of esters is 1. The molecule has 0 saturated carbocycles. The van der Waals surface area contributed by atoms with E-state index >= 15 is 0 Å². The number of benzene rings is 2. The number of hydrogen-bond acceptors (Lipinski definition) is 5. The van der Waals surface area contributed by atoms with E-state index in [1.54, 1.807) is 50.2 Å². The molecule has 0 aliphatic carbocycles. The lowest BCUT2D eigenvalue weighted by Crippen LogP contribution is -2.44. The third-order valence-corrected chi connectivity index (χ3v) is 5.91. The number of rotatable bonds is 8. The number of amides is 1. The van der Waals surface area contributed by atoms with Crippen LogP contribution in [0.2, 0.25) is 5.02 Å². The first-order valence-corrected chi connectivity index (χ1v) is 10.7. The highest BCUT2D eigenvalue weighted by Crippen LogP contribution is 2.14. The molecule has 2 rings (SSSR count). The summed E-state index contributed by atoms with van der Waals surface area (Å²) in [5.41, 5.74) is 1.19. The molecule has 0 radical (unpaired) electrons. The Morgan fingerprint density at radius 2 is 1.62 bits per heavy atom. The first kappa shape index (κ1) is 22.9. The van der Waals surface area contributed by atoms with Crippen LogP contribution in [0.3, 0.4) is 0 Å². The van der Waals surface area contributed by atoms with E-state index in [0.29, 0.717) is 10.6 Å². The quantitative estimate of drug-likeness (QED) is 0.617. The summed E-state index contributed by atoms with van der Waals surface area (Å²) in [6.45, 7) is 3.67. The van der Waals surface area contributed by atoms with Crippen molar-refractivity contribution in [1.82, 2.24) is 10.0 Å². The fourth-order valence-electron chi connectivity index (χ4n) is 2.49. The van der Waals surface area contributed by atoms with Gasteiger partial charge in [0.25, 0.3) is 5.91 Å². The highest BCUT2D eigenvalue weighted by atomic mass is 35.5. The summed E-state index contributed by atoms with van der Waals surface area (Å²) in [5.74, 6) is -1.19. The molecule has 0 aromatic heterocycles. The number of sulfonamides is 1. The van der Waals surface area contributed by atoms with Gasteiger partial charge < -0.3 is 10.1 Å². The lowest BCUT2D eigenvalue weighted by molar-refractivity contribution is -0.143. The first-order valence-electron chi connectivity index (χ1n) is 8.87. The molecule has 1 unspecified atom stereocenters. The van der Waals surface area contributed by atoms with Gasteiger partial charge in [-0.15, -0.1) is 0 Å². The third-order valence-electron chi connectivity index (χ3n) is 4.20. The molecule has 29 heavy (non-hydrogen) atoms. The Morgan fingerprint density at radius 1 is 1.03 bits per heavy atom. The summed E-state index contributed by atoms with van der Waals surface area (Å²) in [7, 11) is -2.70. The van der Waals surface area contributed by atoms with E-state index in [2.05, 4.69) is 14.8 Å². The molecule has 1 atom stereocenters. The van der Waals surface area contributed by atoms with Gasteiger partial charge >= 0.3 is 5.97 Å². The molecule has 2 aromatic rings. The summed E-state index contributed by atoms with van der Waals surface area (Å²) in [5, 5.41) is 3.29. The van der Waals surface area contributed by atoms with Crippen LogP contribution in [0.4, 0.5) is 0 Å². The summed E-state index contributed by atoms with van der Waals surface area (Å²) >= 11 is 5.80. The van der Waals surface area contributed by atoms with Crippen molar-refractivity contribution in [2.24, 2.45) is 5.92 Å². The Morgan fingerprint density at radius 3 is 2.14 bits per heavy atom. The van der Waals surface area contributed by atoms with Gasteiger partial charge in [0.05, 0.1) is 12.0 Å². The average molecular weight is 439 g/mol. The van der Waals surface area contributed by atoms with Crippen molar-refractivity contribution in [2.45, 2.75) is 31.3 Å². The third kappa shape index (κ3) is 6.28. The summed E-state index contributed by atoms with van der Waals surface area (Å²) in [6, 6.07) is 11.5. The highest BCUT2D eigenvalue weighted by molar-refractivity contribution is 7.89. The van der Waals surface area contributed by atoms with Crippen LogP contribution in [0.1, 0.15) is 29.8 Å². The summed E-state index contributed by atoms with van der Waals surface area (Å²) in [4.78, 5) is 23.9. The molecule has 0 fully saturated rings. The Labute approximate surface area is 175 Å². The van der Waals surface area contributed by atoms with Crippen molar-refractivity contribution < 1.29 is 22.7 Å². The second-order valence-electron chi connectivity index (χ2n) is 6.70. The summed E-state index contributed by atoms with van der Waals surface area (Å²) in [6.07, 6.45) is 0. The number of carbonyl (C=O) groups excluding carboxylic acids is 2. The zero-order valence-electron chi connectivity index (χ0n) is 16.3. The van der Waals surface area contributed by atoms with Gasteiger partial charge in [0.15, 0.2) is 0 Å². The average Bonchev–Trinajstić information content (AvgIpc) is 2.70. The number of halogens is 1. The maximum Gasteiger partial charge on any atom is 0.324 e. The topological polar surface area (TPSA) is 102 Å². The van der Waals surface area contributed by atoms with Gasteiger partial charge in [-0.05, 0) is 47.9 Å². The maximum atomic E-state index is 12.6. The monoisotopic (exact) mass is 438 g/mol. The molecular weight excluding hydrogens is 416 g/mol. The predicted molar refractivity (Wildman–Crippen MR) is 110 cm³/mol. The molecule has 7 nitrogen and oxygen atoms in total. The molecule has 0 saturated heterocycles. The number of nitrogens with one attached hydrogen (secondary N) is 2. The van der Waals surface area contributed by atoms with Gasteiger partial charge in [0, 0.05) is 17.1 Å². The predicted octanol–water partition coefficient (Wildman–Crippen LogP) is 2.75. The van der Waals surface area contributed by atoms with Crippen LogP contribution < -0.4 is 10.0 Å². The van der Waals surface area contributed by atoms with Gasteiger partial charge in [-0.2, -0.15) is 4.72 Å². The van der Waals surface area contributed by atoms with Gasteiger partial charge in [-0.25, -0.2) is 8.42 Å². The second-order valence-corrected chi connectivity index (χ2v) is 8.85. The lowest BCUT2D eigenvalue weighted by Gasteiger charge is -2.19. The number of carbonyl (C=O) groups is 2. The first-order chi connectivity index (χ1) is 13.6. The molecule has 0 aliphatic heterocycles. The van der Waals surface area contributed by atoms with Crippen LogP contribution in [0, 0.1) is 5.92 Å². The van der Waals surface area contributed by atoms with Crippen LogP contribution >= 0.6 is 11.6 Å². The van der Waals surface area contributed by atoms with Gasteiger partial charge in [-0.1, -0.05) is 37.6 Å². The molecule has 1 amide bonds. The van der Waals surface area contributed by atoms with Gasteiger partial charge in [-0.3, -0.25) is 9.59 Å². The van der Waals surface area contributed by atoms with E-state index in [9.17, 15) is 18.0 Å². The zero-order chi connectivity index (χ0) is 21.6. The van der Waals surface area contributed by atoms with Crippen molar-refractivity contribution >= 4 is 33.5 Å². The van der Waals surface area contributed by atoms with E-state index in [-0.39, 0.29) is 23.3 Å². The summed E-state index contributed by atoms with van der Waals surface area (Å²) < 4.78 is 32.1. The smallest absolute Gasteiger partial charge is 0.324 e. The second kappa shape index (κ2) is 9.87. The van der Waals surface area contributed by atoms with Gasteiger partial charge in [0.2, 0.25) is 10.0 Å². The molecule has 0 spiro atoms. The molecule has 0 heterocycles. The molecule has 0 bridgehead atoms. The van der Waals surface area contributed by atoms with Crippen LogP contribution in [0.25, 0.3) is 0 Å². The maximum absolute atomic E-state index is 12.6. The zero-order valence-corrected chi connectivity index (χ0v) is 17.9. The van der Waals surface area contributed by atoms with Crippen molar-refractivity contribution in [3.63, 3.8) is 0 Å². The minimum absolute atomic E-state index is 0.0137. The van der Waals surface area contributed by atoms with E-state index in [1.807, 2.05) is 0 Å². The SMILES string of the molecule is COC(=O)C(NS(=O)(=O)c1ccc(CNC(=O)c2ccc(Cl)cc2)cc1)C(C)C. The van der Waals surface area contributed by atoms with Crippen molar-refractivity contribution in [2.75, 3.05) is 7.11 Å². The van der Waals surface area contributed by atoms with E-state index in [0.717, 1.165) is 5.56 Å². The molecular formula is C20H23ClN2O5S. The Kier molecular flexibility index (Phi) is 7.78. The fourth-order valence-corrected chi connectivity index (χ4v) is 3.95. The Balaban J connectivity index is 2.04. The van der Waals surface area contributed by atoms with Crippen molar-refractivity contribution in [3.8, 4) is 0 Å². The molecule has 0 aliphatic rings. The van der Waals surface area contributed by atoms with Crippen molar-refractivity contribution in [1.29, 1.82) is 0 Å². The number of hydrogen-bond donors (Lipinski definition) is 2. The molecule has 9 heteroatoms. The van der Waals surface area contributed by atoms with E-state index in [4.69, 9.17) is 11.6 Å². The minimum atomic E-state index is -3.91. The highest BCUT2D eigenvalue weighted by Gasteiger charge is 2.29. The fraction of sp³-hybridized carbons (Fsp3) is 0.300. The number of ether oxygens (including phenoxy) is 1. The van der Waals surface area contributed by atoms with Gasteiger partial charge in [0.1, 0.15) is 6.04 Å².